The molecule has 226 valence electrons. The molecule has 1 fully saturated rings. The lowest BCUT2D eigenvalue weighted by molar-refractivity contribution is 0.103. The quantitative estimate of drug-likeness (QED) is 0.207. The molecule has 1 N–H and O–H groups in total. The van der Waals surface area contributed by atoms with Gasteiger partial charge in [0.2, 0.25) is 0 Å². The SMILES string of the molecule is CCOCCCCCOCCN(C)CCCNc1nc(CN(C)C2CCC(C(C)(C)C)CC2)nc2ccccc12. The standard InChI is InChI=1S/C33H57N5O2/c1-7-39-23-11-8-12-24-40-25-22-37(5)21-13-20-34-32-29-14-9-10-15-30(29)35-31(36-32)26-38(6)28-18-16-27(17-19-28)33(2,3)4/h9-10,14-15,27-28H,7-8,11-13,16-26H2,1-6H3,(H,34,35,36). The highest BCUT2D eigenvalue weighted by Gasteiger charge is 2.31. The summed E-state index contributed by atoms with van der Waals surface area (Å²) in [5, 5.41) is 4.73. The van der Waals surface area contributed by atoms with Gasteiger partial charge >= 0.3 is 0 Å². The highest BCUT2D eigenvalue weighted by molar-refractivity contribution is 5.88. The Labute approximate surface area is 244 Å². The van der Waals surface area contributed by atoms with E-state index in [1.54, 1.807) is 0 Å². The Balaban J connectivity index is 1.41. The Kier molecular flexibility index (Phi) is 14.1. The van der Waals surface area contributed by atoms with Gasteiger partial charge in [-0.15, -0.1) is 0 Å². The molecular weight excluding hydrogens is 498 g/mol. The van der Waals surface area contributed by atoms with Gasteiger partial charge in [-0.2, -0.15) is 0 Å². The van der Waals surface area contributed by atoms with Gasteiger partial charge in [-0.25, -0.2) is 9.97 Å². The Bertz CT molecular complexity index is 971. The highest BCUT2D eigenvalue weighted by Crippen LogP contribution is 2.39. The maximum absolute atomic E-state index is 5.82. The molecule has 0 amide bonds. The lowest BCUT2D eigenvalue weighted by Gasteiger charge is -2.39. The van der Waals surface area contributed by atoms with Crippen molar-refractivity contribution >= 4 is 16.7 Å². The van der Waals surface area contributed by atoms with E-state index in [1.807, 2.05) is 6.92 Å². The maximum atomic E-state index is 5.82. The summed E-state index contributed by atoms with van der Waals surface area (Å²) in [5.74, 6) is 2.70. The summed E-state index contributed by atoms with van der Waals surface area (Å²) >= 11 is 0. The molecule has 0 aliphatic heterocycles. The number of nitrogens with zero attached hydrogens (tertiary/aromatic N) is 4. The molecular formula is C33H57N5O2. The van der Waals surface area contributed by atoms with Crippen LogP contribution in [0.2, 0.25) is 0 Å². The molecule has 1 aliphatic carbocycles. The van der Waals surface area contributed by atoms with E-state index in [-0.39, 0.29) is 0 Å². The van der Waals surface area contributed by atoms with Crippen molar-refractivity contribution in [2.45, 2.75) is 91.6 Å². The van der Waals surface area contributed by atoms with E-state index in [4.69, 9.17) is 19.4 Å². The third-order valence-corrected chi connectivity index (χ3v) is 8.49. The summed E-state index contributed by atoms with van der Waals surface area (Å²) in [6.07, 6.45) is 9.65. The van der Waals surface area contributed by atoms with Crippen molar-refractivity contribution in [2.75, 3.05) is 65.5 Å². The number of unbranched alkanes of at least 4 members (excludes halogenated alkanes) is 2. The molecule has 1 aliphatic rings. The van der Waals surface area contributed by atoms with Gasteiger partial charge in [0, 0.05) is 44.3 Å². The van der Waals surface area contributed by atoms with Crippen molar-refractivity contribution in [3.63, 3.8) is 0 Å². The number of benzene rings is 1. The number of hydrogen-bond donors (Lipinski definition) is 1. The van der Waals surface area contributed by atoms with Crippen molar-refractivity contribution in [1.82, 2.24) is 19.8 Å². The zero-order valence-corrected chi connectivity index (χ0v) is 26.4. The van der Waals surface area contributed by atoms with Gasteiger partial charge in [-0.1, -0.05) is 32.9 Å². The fourth-order valence-electron chi connectivity index (χ4n) is 5.78. The van der Waals surface area contributed by atoms with Gasteiger partial charge in [-0.05, 0) is 102 Å². The highest BCUT2D eigenvalue weighted by atomic mass is 16.5. The Morgan fingerprint density at radius 2 is 1.60 bits per heavy atom. The summed E-state index contributed by atoms with van der Waals surface area (Å²) in [7, 11) is 4.42. The molecule has 0 radical (unpaired) electrons. The first-order valence-electron chi connectivity index (χ1n) is 15.8. The van der Waals surface area contributed by atoms with E-state index in [1.165, 1.54) is 32.1 Å². The van der Waals surface area contributed by atoms with Crippen LogP contribution in [-0.4, -0.2) is 86.0 Å². The van der Waals surface area contributed by atoms with Gasteiger partial charge in [0.15, 0.2) is 0 Å². The summed E-state index contributed by atoms with van der Waals surface area (Å²) in [6.45, 7) is 16.2. The molecule has 1 heterocycles. The van der Waals surface area contributed by atoms with Crippen LogP contribution in [0.4, 0.5) is 5.82 Å². The number of anilines is 1. The summed E-state index contributed by atoms with van der Waals surface area (Å²) in [6, 6.07) is 8.98. The summed E-state index contributed by atoms with van der Waals surface area (Å²) in [4.78, 5) is 14.8. The average molecular weight is 556 g/mol. The fourth-order valence-corrected chi connectivity index (χ4v) is 5.78. The van der Waals surface area contributed by atoms with Crippen molar-refractivity contribution in [1.29, 1.82) is 0 Å². The lowest BCUT2D eigenvalue weighted by Crippen LogP contribution is -2.37. The molecule has 3 rings (SSSR count). The second-order valence-corrected chi connectivity index (χ2v) is 12.7. The van der Waals surface area contributed by atoms with E-state index in [0.29, 0.717) is 11.5 Å². The van der Waals surface area contributed by atoms with Crippen LogP contribution in [0.15, 0.2) is 24.3 Å². The van der Waals surface area contributed by atoms with Crippen LogP contribution in [0.3, 0.4) is 0 Å². The Morgan fingerprint density at radius 1 is 0.875 bits per heavy atom. The van der Waals surface area contributed by atoms with Gasteiger partial charge in [0.25, 0.3) is 0 Å². The number of nitrogens with one attached hydrogen (secondary N) is 1. The molecule has 0 bridgehead atoms. The number of rotatable bonds is 18. The molecule has 7 heteroatoms. The van der Waals surface area contributed by atoms with Crippen molar-refractivity contribution in [3.8, 4) is 0 Å². The van der Waals surface area contributed by atoms with Gasteiger partial charge in [-0.3, -0.25) is 4.90 Å². The molecule has 0 unspecified atom stereocenters. The number of aromatic nitrogens is 2. The third kappa shape index (κ3) is 11.2. The first-order chi connectivity index (χ1) is 19.3. The van der Waals surface area contributed by atoms with Crippen LogP contribution in [0.5, 0.6) is 0 Å². The van der Waals surface area contributed by atoms with Crippen LogP contribution >= 0.6 is 0 Å². The summed E-state index contributed by atoms with van der Waals surface area (Å²) < 4.78 is 11.2. The first-order valence-corrected chi connectivity index (χ1v) is 15.8. The van der Waals surface area contributed by atoms with Gasteiger partial charge < -0.3 is 19.7 Å². The second kappa shape index (κ2) is 17.2. The zero-order chi connectivity index (χ0) is 28.8. The van der Waals surface area contributed by atoms with Gasteiger partial charge in [0.05, 0.1) is 18.7 Å². The van der Waals surface area contributed by atoms with Gasteiger partial charge in [0.1, 0.15) is 11.6 Å². The number of hydrogen-bond acceptors (Lipinski definition) is 7. The fraction of sp³-hybridized carbons (Fsp3) is 0.758. The smallest absolute Gasteiger partial charge is 0.145 e. The predicted octanol–water partition coefficient (Wildman–Crippen LogP) is 6.62. The Hall–Kier alpha value is -1.80. The minimum Gasteiger partial charge on any atom is -0.382 e. The minimum absolute atomic E-state index is 0.415. The molecule has 2 aromatic rings. The van der Waals surface area contributed by atoms with E-state index in [2.05, 4.69) is 74.2 Å². The third-order valence-electron chi connectivity index (χ3n) is 8.49. The molecule has 1 aromatic heterocycles. The topological polar surface area (TPSA) is 62.8 Å². The van der Waals surface area contributed by atoms with Crippen LogP contribution < -0.4 is 5.32 Å². The van der Waals surface area contributed by atoms with Crippen molar-refractivity contribution < 1.29 is 9.47 Å². The molecule has 40 heavy (non-hydrogen) atoms. The van der Waals surface area contributed by atoms with Crippen LogP contribution in [0.1, 0.15) is 84.9 Å². The first kappa shape index (κ1) is 32.7. The Morgan fingerprint density at radius 3 is 2.33 bits per heavy atom. The van der Waals surface area contributed by atoms with Crippen molar-refractivity contribution in [2.24, 2.45) is 11.3 Å². The van der Waals surface area contributed by atoms with Crippen LogP contribution in [0.25, 0.3) is 10.9 Å². The summed E-state index contributed by atoms with van der Waals surface area (Å²) in [5.41, 5.74) is 1.43. The molecule has 1 aromatic carbocycles. The van der Waals surface area contributed by atoms with E-state index >= 15 is 0 Å². The minimum atomic E-state index is 0.415. The molecule has 7 nitrogen and oxygen atoms in total. The molecule has 0 spiro atoms. The van der Waals surface area contributed by atoms with Crippen LogP contribution in [-0.2, 0) is 16.0 Å². The number of fused-ring (bicyclic) bond motifs is 1. The molecule has 0 atom stereocenters. The maximum Gasteiger partial charge on any atom is 0.145 e. The zero-order valence-electron chi connectivity index (χ0n) is 26.4. The normalized spacial score (nSPS) is 18.2. The molecule has 0 saturated heterocycles. The predicted molar refractivity (Wildman–Crippen MR) is 168 cm³/mol. The number of ether oxygens (including phenoxy) is 2. The lowest BCUT2D eigenvalue weighted by atomic mass is 9.71. The van der Waals surface area contributed by atoms with Crippen molar-refractivity contribution in [3.05, 3.63) is 30.1 Å². The van der Waals surface area contributed by atoms with E-state index in [9.17, 15) is 0 Å². The van der Waals surface area contributed by atoms with E-state index in [0.717, 1.165) is 100 Å². The van der Waals surface area contributed by atoms with Crippen LogP contribution in [0, 0.1) is 11.3 Å². The van der Waals surface area contributed by atoms with E-state index < -0.39 is 0 Å². The largest absolute Gasteiger partial charge is 0.382 e. The second-order valence-electron chi connectivity index (χ2n) is 12.7. The average Bonchev–Trinajstić information content (AvgIpc) is 2.94. The number of para-hydroxylation sites is 1. The monoisotopic (exact) mass is 555 g/mol. The molecule has 1 saturated carbocycles. The number of likely N-dealkylation sites (N-methyl/N-ethyl adjacent to an activating group) is 1.